The number of nitrogens with zero attached hydrogens (tertiary/aromatic N) is 1. The van der Waals surface area contributed by atoms with Crippen molar-refractivity contribution in [2.75, 3.05) is 19.7 Å². The molecule has 1 aromatic rings. The molecule has 138 valence electrons. The van der Waals surface area contributed by atoms with Crippen molar-refractivity contribution in [3.63, 3.8) is 0 Å². The van der Waals surface area contributed by atoms with Crippen LogP contribution in [0.15, 0.2) is 18.2 Å². The van der Waals surface area contributed by atoms with E-state index in [2.05, 4.69) is 5.32 Å². The van der Waals surface area contributed by atoms with Crippen LogP contribution in [0.2, 0.25) is 0 Å². The maximum absolute atomic E-state index is 12.0. The number of benzene rings is 1. The lowest BCUT2D eigenvalue weighted by atomic mass is 9.85. The molecule has 1 aliphatic rings. The summed E-state index contributed by atoms with van der Waals surface area (Å²) in [4.78, 5) is 24.8. The number of aliphatic carboxylic acids is 1. The molecule has 0 saturated heterocycles. The Hall–Kier alpha value is -2.08. The molecule has 0 unspecified atom stereocenters. The molecule has 1 fully saturated rings. The van der Waals surface area contributed by atoms with Crippen molar-refractivity contribution in [2.45, 2.75) is 52.1 Å². The predicted molar refractivity (Wildman–Crippen MR) is 95.9 cm³/mol. The average molecular weight is 348 g/mol. The molecule has 25 heavy (non-hydrogen) atoms. The van der Waals surface area contributed by atoms with Gasteiger partial charge < -0.3 is 15.2 Å². The van der Waals surface area contributed by atoms with Crippen LogP contribution in [0.1, 0.15) is 37.3 Å². The molecule has 0 aromatic heterocycles. The summed E-state index contributed by atoms with van der Waals surface area (Å²) in [6.45, 7) is 7.08. The highest BCUT2D eigenvalue weighted by Crippen LogP contribution is 2.25. The van der Waals surface area contributed by atoms with Gasteiger partial charge in [0.1, 0.15) is 5.75 Å². The molecular weight excluding hydrogens is 320 g/mol. The molecule has 1 saturated carbocycles. The van der Waals surface area contributed by atoms with Gasteiger partial charge in [0.15, 0.2) is 0 Å². The number of aryl methyl sites for hydroxylation is 2. The Morgan fingerprint density at radius 3 is 2.68 bits per heavy atom. The minimum absolute atomic E-state index is 0.0185. The first-order valence-electron chi connectivity index (χ1n) is 8.84. The van der Waals surface area contributed by atoms with Gasteiger partial charge in [0.25, 0.3) is 0 Å². The standard InChI is InChI=1S/C19H28N2O4/c1-4-21(12-19(23)24)16-10-15(11-16)20-18(22)7-8-25-17-9-13(2)5-6-14(17)3/h5-6,9,15-16H,4,7-8,10-12H2,1-3H3,(H,20,22)(H,23,24). The summed E-state index contributed by atoms with van der Waals surface area (Å²) >= 11 is 0. The van der Waals surface area contributed by atoms with Crippen molar-refractivity contribution in [3.05, 3.63) is 29.3 Å². The third kappa shape index (κ3) is 5.74. The number of hydrogen-bond acceptors (Lipinski definition) is 4. The van der Waals surface area contributed by atoms with Crippen molar-refractivity contribution in [3.8, 4) is 5.75 Å². The Bertz CT molecular complexity index is 611. The molecular formula is C19H28N2O4. The maximum Gasteiger partial charge on any atom is 0.317 e. The Morgan fingerprint density at radius 1 is 1.32 bits per heavy atom. The first kappa shape index (κ1) is 19.2. The van der Waals surface area contributed by atoms with Gasteiger partial charge >= 0.3 is 5.97 Å². The molecule has 0 spiro atoms. The van der Waals surface area contributed by atoms with Crippen LogP contribution in [-0.2, 0) is 9.59 Å². The zero-order valence-corrected chi connectivity index (χ0v) is 15.2. The van der Waals surface area contributed by atoms with E-state index in [0.717, 1.165) is 29.7 Å². The lowest BCUT2D eigenvalue weighted by Gasteiger charge is -2.42. The Labute approximate surface area is 149 Å². The SMILES string of the molecule is CCN(CC(=O)O)C1CC(NC(=O)CCOc2cc(C)ccc2C)C1. The molecule has 1 aliphatic carbocycles. The maximum atomic E-state index is 12.0. The normalized spacial score (nSPS) is 19.4. The summed E-state index contributed by atoms with van der Waals surface area (Å²) in [7, 11) is 0. The quantitative estimate of drug-likeness (QED) is 0.715. The van der Waals surface area contributed by atoms with Crippen molar-refractivity contribution in [2.24, 2.45) is 0 Å². The van der Waals surface area contributed by atoms with E-state index < -0.39 is 5.97 Å². The Kier molecular flexibility index (Phi) is 6.82. The van der Waals surface area contributed by atoms with Gasteiger partial charge in [-0.25, -0.2) is 0 Å². The van der Waals surface area contributed by atoms with E-state index in [1.54, 1.807) is 0 Å². The van der Waals surface area contributed by atoms with Crippen LogP contribution >= 0.6 is 0 Å². The third-order valence-corrected chi connectivity index (χ3v) is 4.67. The number of likely N-dealkylation sites (N-methyl/N-ethyl adjacent to an activating group) is 1. The molecule has 0 aliphatic heterocycles. The molecule has 1 aromatic carbocycles. The van der Waals surface area contributed by atoms with Crippen molar-refractivity contribution in [1.29, 1.82) is 0 Å². The largest absolute Gasteiger partial charge is 0.493 e. The second-order valence-electron chi connectivity index (χ2n) is 6.71. The first-order valence-corrected chi connectivity index (χ1v) is 8.84. The molecule has 0 bridgehead atoms. The number of carbonyl (C=O) groups is 2. The van der Waals surface area contributed by atoms with E-state index in [0.29, 0.717) is 19.6 Å². The van der Waals surface area contributed by atoms with Crippen molar-refractivity contribution in [1.82, 2.24) is 10.2 Å². The van der Waals surface area contributed by atoms with Gasteiger partial charge in [-0.15, -0.1) is 0 Å². The van der Waals surface area contributed by atoms with Gasteiger partial charge in [0.05, 0.1) is 19.6 Å². The number of carbonyl (C=O) groups excluding carboxylic acids is 1. The van der Waals surface area contributed by atoms with E-state index >= 15 is 0 Å². The summed E-state index contributed by atoms with van der Waals surface area (Å²) < 4.78 is 5.71. The zero-order chi connectivity index (χ0) is 18.4. The summed E-state index contributed by atoms with van der Waals surface area (Å²) in [5.41, 5.74) is 2.19. The van der Waals surface area contributed by atoms with Crippen LogP contribution in [0.3, 0.4) is 0 Å². The van der Waals surface area contributed by atoms with Gasteiger partial charge in [-0.05, 0) is 50.4 Å². The second-order valence-corrected chi connectivity index (χ2v) is 6.71. The van der Waals surface area contributed by atoms with Crippen LogP contribution in [0.4, 0.5) is 0 Å². The lowest BCUT2D eigenvalue weighted by Crippen LogP contribution is -2.54. The molecule has 0 radical (unpaired) electrons. The van der Waals surface area contributed by atoms with Crippen LogP contribution in [0.5, 0.6) is 5.75 Å². The number of carboxylic acids is 1. The van der Waals surface area contributed by atoms with Gasteiger partial charge in [-0.3, -0.25) is 14.5 Å². The number of carboxylic acid groups (broad SMARTS) is 1. The number of hydrogen-bond donors (Lipinski definition) is 2. The topological polar surface area (TPSA) is 78.9 Å². The van der Waals surface area contributed by atoms with Crippen LogP contribution in [0.25, 0.3) is 0 Å². The fourth-order valence-electron chi connectivity index (χ4n) is 3.09. The number of nitrogens with one attached hydrogen (secondary N) is 1. The van der Waals surface area contributed by atoms with Gasteiger partial charge in [-0.2, -0.15) is 0 Å². The van der Waals surface area contributed by atoms with E-state index in [4.69, 9.17) is 9.84 Å². The first-order chi connectivity index (χ1) is 11.9. The smallest absolute Gasteiger partial charge is 0.317 e. The molecule has 2 N–H and O–H groups in total. The number of rotatable bonds is 9. The summed E-state index contributed by atoms with van der Waals surface area (Å²) in [5, 5.41) is 11.9. The monoisotopic (exact) mass is 348 g/mol. The van der Waals surface area contributed by atoms with Crippen LogP contribution < -0.4 is 10.1 Å². The van der Waals surface area contributed by atoms with Crippen LogP contribution in [0, 0.1) is 13.8 Å². The van der Waals surface area contributed by atoms with E-state index in [9.17, 15) is 9.59 Å². The van der Waals surface area contributed by atoms with Gasteiger partial charge in [0, 0.05) is 12.1 Å². The minimum atomic E-state index is -0.807. The second kappa shape index (κ2) is 8.85. The number of amides is 1. The fourth-order valence-corrected chi connectivity index (χ4v) is 3.09. The number of ether oxygens (including phenoxy) is 1. The fraction of sp³-hybridized carbons (Fsp3) is 0.579. The molecule has 0 heterocycles. The van der Waals surface area contributed by atoms with Gasteiger partial charge in [0.2, 0.25) is 5.91 Å². The molecule has 6 heteroatoms. The summed E-state index contributed by atoms with van der Waals surface area (Å²) in [5.74, 6) is -0.00303. The molecule has 2 rings (SSSR count). The van der Waals surface area contributed by atoms with Crippen LogP contribution in [-0.4, -0.2) is 53.7 Å². The van der Waals surface area contributed by atoms with Crippen molar-refractivity contribution >= 4 is 11.9 Å². The van der Waals surface area contributed by atoms with Crippen molar-refractivity contribution < 1.29 is 19.4 Å². The molecule has 0 atom stereocenters. The van der Waals surface area contributed by atoms with E-state index in [1.807, 2.05) is 43.9 Å². The summed E-state index contributed by atoms with van der Waals surface area (Å²) in [6, 6.07) is 6.41. The molecule has 1 amide bonds. The average Bonchev–Trinajstić information content (AvgIpc) is 2.51. The van der Waals surface area contributed by atoms with E-state index in [-0.39, 0.29) is 24.5 Å². The third-order valence-electron chi connectivity index (χ3n) is 4.67. The Balaban J connectivity index is 1.67. The Morgan fingerprint density at radius 2 is 2.04 bits per heavy atom. The summed E-state index contributed by atoms with van der Waals surface area (Å²) in [6.07, 6.45) is 1.94. The highest BCUT2D eigenvalue weighted by atomic mass is 16.5. The predicted octanol–water partition coefficient (Wildman–Crippen LogP) is 2.13. The molecule has 6 nitrogen and oxygen atoms in total. The zero-order valence-electron chi connectivity index (χ0n) is 15.2. The minimum Gasteiger partial charge on any atom is -0.493 e. The highest BCUT2D eigenvalue weighted by Gasteiger charge is 2.34. The van der Waals surface area contributed by atoms with Gasteiger partial charge in [-0.1, -0.05) is 19.1 Å². The lowest BCUT2D eigenvalue weighted by molar-refractivity contribution is -0.139. The highest BCUT2D eigenvalue weighted by molar-refractivity contribution is 5.76. The van der Waals surface area contributed by atoms with E-state index in [1.165, 1.54) is 0 Å².